The van der Waals surface area contributed by atoms with Gasteiger partial charge in [-0.05, 0) is 82.6 Å². The lowest BCUT2D eigenvalue weighted by Gasteiger charge is -2.33. The minimum absolute atomic E-state index is 0.0200. The van der Waals surface area contributed by atoms with Gasteiger partial charge in [-0.25, -0.2) is 8.42 Å². The number of hydrogen-bond donors (Lipinski definition) is 1. The van der Waals surface area contributed by atoms with Crippen LogP contribution >= 0.6 is 34.8 Å². The summed E-state index contributed by atoms with van der Waals surface area (Å²) in [6.45, 7) is 8.06. The van der Waals surface area contributed by atoms with Crippen LogP contribution in [-0.4, -0.2) is 43.8 Å². The van der Waals surface area contributed by atoms with E-state index in [0.717, 1.165) is 9.87 Å². The molecular weight excluding hydrogens is 593 g/mol. The third-order valence-electron chi connectivity index (χ3n) is 6.30. The molecule has 7 nitrogen and oxygen atoms in total. The fourth-order valence-corrected chi connectivity index (χ4v) is 6.31. The van der Waals surface area contributed by atoms with Gasteiger partial charge >= 0.3 is 0 Å². The van der Waals surface area contributed by atoms with Crippen molar-refractivity contribution in [3.63, 3.8) is 0 Å². The lowest BCUT2D eigenvalue weighted by atomic mass is 10.1. The first-order valence-corrected chi connectivity index (χ1v) is 15.2. The molecule has 3 rings (SSSR count). The summed E-state index contributed by atoms with van der Waals surface area (Å²) in [5.74, 6) is -1.02. The zero-order chi connectivity index (χ0) is 29.8. The van der Waals surface area contributed by atoms with E-state index in [1.54, 1.807) is 76.2 Å². The Bertz CT molecular complexity index is 1470. The van der Waals surface area contributed by atoms with Crippen molar-refractivity contribution in [3.8, 4) is 0 Å². The Hall–Kier alpha value is -2.78. The average Bonchev–Trinajstić information content (AvgIpc) is 2.87. The Balaban J connectivity index is 2.11. The third kappa shape index (κ3) is 7.49. The molecule has 0 aliphatic heterocycles. The Morgan fingerprint density at radius 1 is 0.900 bits per heavy atom. The van der Waals surface area contributed by atoms with E-state index in [9.17, 15) is 18.0 Å². The Morgan fingerprint density at radius 3 is 2.05 bits per heavy atom. The number of amides is 2. The Kier molecular flexibility index (Phi) is 10.5. The van der Waals surface area contributed by atoms with E-state index >= 15 is 0 Å². The lowest BCUT2D eigenvalue weighted by Crippen LogP contribution is -2.52. The van der Waals surface area contributed by atoms with Crippen LogP contribution in [-0.2, 0) is 26.2 Å². The highest BCUT2D eigenvalue weighted by Gasteiger charge is 2.33. The summed E-state index contributed by atoms with van der Waals surface area (Å²) >= 11 is 19.0. The van der Waals surface area contributed by atoms with Crippen LogP contribution in [0.25, 0.3) is 0 Å². The molecule has 0 unspecified atom stereocenters. The van der Waals surface area contributed by atoms with E-state index in [4.69, 9.17) is 34.8 Å². The molecule has 3 aromatic carbocycles. The van der Waals surface area contributed by atoms with Crippen LogP contribution in [0.3, 0.4) is 0 Å². The van der Waals surface area contributed by atoms with Crippen molar-refractivity contribution in [1.29, 1.82) is 0 Å². The van der Waals surface area contributed by atoms with Gasteiger partial charge in [-0.15, -0.1) is 0 Å². The van der Waals surface area contributed by atoms with Crippen LogP contribution in [0.2, 0.25) is 15.1 Å². The molecule has 0 saturated carbocycles. The Labute approximate surface area is 251 Å². The molecular formula is C29H32Cl3N3O4S. The van der Waals surface area contributed by atoms with Gasteiger partial charge < -0.3 is 10.2 Å². The number of benzene rings is 3. The van der Waals surface area contributed by atoms with Crippen molar-refractivity contribution in [1.82, 2.24) is 10.2 Å². The summed E-state index contributed by atoms with van der Waals surface area (Å²) < 4.78 is 29.0. The minimum Gasteiger partial charge on any atom is -0.352 e. The van der Waals surface area contributed by atoms with Gasteiger partial charge in [0.15, 0.2) is 0 Å². The van der Waals surface area contributed by atoms with Crippen LogP contribution in [0.15, 0.2) is 65.6 Å². The predicted octanol–water partition coefficient (Wildman–Crippen LogP) is 6.40. The molecule has 0 aliphatic rings. The summed E-state index contributed by atoms with van der Waals surface area (Å²) in [4.78, 5) is 28.4. The predicted molar refractivity (Wildman–Crippen MR) is 162 cm³/mol. The second kappa shape index (κ2) is 13.3. The highest BCUT2D eigenvalue weighted by molar-refractivity contribution is 7.92. The maximum atomic E-state index is 14.0. The molecule has 0 spiro atoms. The number of nitrogens with zero attached hydrogens (tertiary/aromatic N) is 2. The molecule has 40 heavy (non-hydrogen) atoms. The normalized spacial score (nSPS) is 12.2. The molecule has 3 aromatic rings. The molecule has 0 radical (unpaired) electrons. The quantitative estimate of drug-likeness (QED) is 0.283. The standard InChI is InChI=1S/C29H32Cl3N3O4S/c1-18(2)33-29(37)21(5)34(16-24-25(31)7-6-8-26(24)32)28(36)17-35(27-14-11-22(30)15-20(27)4)40(38,39)23-12-9-19(3)10-13-23/h6-15,18,21H,16-17H2,1-5H3,(H,33,37)/t21-/m0/s1. The number of anilines is 1. The number of aryl methyl sites for hydroxylation is 2. The molecule has 0 aliphatic carbocycles. The third-order valence-corrected chi connectivity index (χ3v) is 9.02. The second-order valence-corrected chi connectivity index (χ2v) is 12.9. The molecule has 1 atom stereocenters. The average molecular weight is 625 g/mol. The number of carbonyl (C=O) groups is 2. The highest BCUT2D eigenvalue weighted by atomic mass is 35.5. The minimum atomic E-state index is -4.20. The van der Waals surface area contributed by atoms with E-state index in [0.29, 0.717) is 26.2 Å². The van der Waals surface area contributed by atoms with Crippen molar-refractivity contribution in [2.75, 3.05) is 10.8 Å². The van der Waals surface area contributed by atoms with Gasteiger partial charge in [0, 0.05) is 33.2 Å². The van der Waals surface area contributed by atoms with Gasteiger partial charge in [0.25, 0.3) is 10.0 Å². The maximum absolute atomic E-state index is 14.0. The molecule has 214 valence electrons. The number of halogens is 3. The van der Waals surface area contributed by atoms with Gasteiger partial charge in [-0.2, -0.15) is 0 Å². The van der Waals surface area contributed by atoms with Crippen LogP contribution in [0.5, 0.6) is 0 Å². The first-order valence-electron chi connectivity index (χ1n) is 12.6. The van der Waals surface area contributed by atoms with Crippen LogP contribution in [0.4, 0.5) is 5.69 Å². The molecule has 0 heterocycles. The van der Waals surface area contributed by atoms with Gasteiger partial charge in [-0.1, -0.05) is 58.6 Å². The second-order valence-electron chi connectivity index (χ2n) is 9.82. The van der Waals surface area contributed by atoms with Crippen molar-refractivity contribution in [2.45, 2.75) is 58.1 Å². The van der Waals surface area contributed by atoms with Gasteiger partial charge in [0.05, 0.1) is 10.6 Å². The zero-order valence-electron chi connectivity index (χ0n) is 22.9. The fourth-order valence-electron chi connectivity index (χ4n) is 4.09. The molecule has 1 N–H and O–H groups in total. The monoisotopic (exact) mass is 623 g/mol. The number of nitrogens with one attached hydrogen (secondary N) is 1. The van der Waals surface area contributed by atoms with Crippen molar-refractivity contribution >= 4 is 62.3 Å². The molecule has 11 heteroatoms. The van der Waals surface area contributed by atoms with Gasteiger partial charge in [-0.3, -0.25) is 13.9 Å². The van der Waals surface area contributed by atoms with Gasteiger partial charge in [0.1, 0.15) is 12.6 Å². The SMILES string of the molecule is Cc1ccc(S(=O)(=O)N(CC(=O)N(Cc2c(Cl)cccc2Cl)[C@@H](C)C(=O)NC(C)C)c2ccc(Cl)cc2C)cc1. The van der Waals surface area contributed by atoms with Crippen molar-refractivity contribution in [2.24, 2.45) is 0 Å². The lowest BCUT2D eigenvalue weighted by molar-refractivity contribution is -0.139. The first-order chi connectivity index (χ1) is 18.7. The highest BCUT2D eigenvalue weighted by Crippen LogP contribution is 2.31. The van der Waals surface area contributed by atoms with E-state index in [-0.39, 0.29) is 23.2 Å². The number of rotatable bonds is 10. The topological polar surface area (TPSA) is 86.8 Å². The largest absolute Gasteiger partial charge is 0.352 e. The Morgan fingerprint density at radius 2 is 1.50 bits per heavy atom. The molecule has 0 fully saturated rings. The zero-order valence-corrected chi connectivity index (χ0v) is 26.0. The molecule has 2 amide bonds. The summed E-state index contributed by atoms with van der Waals surface area (Å²) in [5, 5.41) is 3.87. The van der Waals surface area contributed by atoms with Crippen LogP contribution in [0.1, 0.15) is 37.5 Å². The molecule has 0 bridgehead atoms. The first kappa shape index (κ1) is 31.7. The summed E-state index contributed by atoms with van der Waals surface area (Å²) in [6.07, 6.45) is 0. The molecule has 0 saturated heterocycles. The van der Waals surface area contributed by atoms with E-state index < -0.39 is 34.4 Å². The van der Waals surface area contributed by atoms with E-state index in [1.165, 1.54) is 17.0 Å². The summed E-state index contributed by atoms with van der Waals surface area (Å²) in [6, 6.07) is 14.9. The smallest absolute Gasteiger partial charge is 0.264 e. The number of carbonyl (C=O) groups excluding carboxylic acids is 2. The van der Waals surface area contributed by atoms with E-state index in [2.05, 4.69) is 5.32 Å². The maximum Gasteiger partial charge on any atom is 0.264 e. The molecule has 0 aromatic heterocycles. The van der Waals surface area contributed by atoms with Crippen molar-refractivity contribution in [3.05, 3.63) is 92.4 Å². The summed E-state index contributed by atoms with van der Waals surface area (Å²) in [5.41, 5.74) is 2.17. The van der Waals surface area contributed by atoms with E-state index in [1.807, 2.05) is 6.92 Å². The number of hydrogen-bond acceptors (Lipinski definition) is 4. The van der Waals surface area contributed by atoms with Crippen molar-refractivity contribution < 1.29 is 18.0 Å². The summed E-state index contributed by atoms with van der Waals surface area (Å²) in [7, 11) is -4.20. The van der Waals surface area contributed by atoms with Crippen LogP contribution in [0, 0.1) is 13.8 Å². The van der Waals surface area contributed by atoms with Gasteiger partial charge in [0.2, 0.25) is 11.8 Å². The van der Waals surface area contributed by atoms with Crippen LogP contribution < -0.4 is 9.62 Å². The number of sulfonamides is 1. The fraction of sp³-hybridized carbons (Fsp3) is 0.310.